The largest absolute Gasteiger partial charge is 0.463 e. The van der Waals surface area contributed by atoms with E-state index in [1.807, 2.05) is 47.2 Å². The van der Waals surface area contributed by atoms with E-state index in [4.69, 9.17) is 19.9 Å². The summed E-state index contributed by atoms with van der Waals surface area (Å²) in [5.41, 5.74) is 7.77. The van der Waals surface area contributed by atoms with Crippen molar-refractivity contribution in [3.8, 4) is 6.07 Å². The Bertz CT molecular complexity index is 989. The van der Waals surface area contributed by atoms with Gasteiger partial charge in [-0.15, -0.1) is 0 Å². The van der Waals surface area contributed by atoms with E-state index >= 15 is 0 Å². The molecule has 1 aromatic heterocycles. The maximum Gasteiger partial charge on any atom is 0.338 e. The zero-order valence-corrected chi connectivity index (χ0v) is 15.3. The van der Waals surface area contributed by atoms with Crippen molar-refractivity contribution in [1.82, 2.24) is 0 Å². The number of ether oxygens (including phenoxy) is 3. The fourth-order valence-corrected chi connectivity index (χ4v) is 4.14. The number of nitrogens with two attached hydrogens (primary N) is 1. The predicted molar refractivity (Wildman–Crippen MR) is 98.5 cm³/mol. The highest BCUT2D eigenvalue weighted by atomic mass is 32.1. The van der Waals surface area contributed by atoms with Crippen LogP contribution in [-0.2, 0) is 24.8 Å². The van der Waals surface area contributed by atoms with Crippen LogP contribution in [0.15, 0.2) is 64.2 Å². The molecule has 2 aliphatic rings. The van der Waals surface area contributed by atoms with Crippen molar-refractivity contribution >= 4 is 23.1 Å². The van der Waals surface area contributed by atoms with Gasteiger partial charge in [0, 0.05) is 16.5 Å². The minimum atomic E-state index is -1.39. The summed E-state index contributed by atoms with van der Waals surface area (Å²) in [6.07, 6.45) is 0. The molecule has 2 aliphatic heterocycles. The summed E-state index contributed by atoms with van der Waals surface area (Å²) in [6.45, 7) is 1.92. The molecular formula is C20H16N2O4S. The number of hydrogen-bond acceptors (Lipinski definition) is 7. The summed E-state index contributed by atoms with van der Waals surface area (Å²) < 4.78 is 17.5. The van der Waals surface area contributed by atoms with Gasteiger partial charge in [-0.2, -0.15) is 16.6 Å². The van der Waals surface area contributed by atoms with Crippen LogP contribution in [0, 0.1) is 17.2 Å². The zero-order valence-electron chi connectivity index (χ0n) is 14.5. The summed E-state index contributed by atoms with van der Waals surface area (Å²) in [6, 6.07) is 13.1. The molecule has 136 valence electrons. The standard InChI is InChI=1S/C20H16N2O4S/c1-2-24-19(23)15-16-14(10-21)18(22)26-20(16,13-8-9-27-11-13)25-17(15)12-6-4-3-5-7-12/h3-9,11,16H,2,22H2,1H3/t16-,20-/m0/s1. The van der Waals surface area contributed by atoms with Crippen molar-refractivity contribution in [3.63, 3.8) is 0 Å². The van der Waals surface area contributed by atoms with Gasteiger partial charge in [0.15, 0.2) is 0 Å². The number of carbonyl (C=O) groups is 1. The molecule has 2 aromatic rings. The van der Waals surface area contributed by atoms with Crippen molar-refractivity contribution in [3.05, 3.63) is 75.3 Å². The normalized spacial score (nSPS) is 23.5. The molecule has 0 aliphatic carbocycles. The van der Waals surface area contributed by atoms with Gasteiger partial charge >= 0.3 is 5.97 Å². The van der Waals surface area contributed by atoms with Gasteiger partial charge in [0.2, 0.25) is 5.88 Å². The topological polar surface area (TPSA) is 94.6 Å². The third-order valence-electron chi connectivity index (χ3n) is 4.56. The number of fused-ring (bicyclic) bond motifs is 1. The Hall–Kier alpha value is -3.24. The van der Waals surface area contributed by atoms with Crippen molar-refractivity contribution in [2.75, 3.05) is 6.61 Å². The van der Waals surface area contributed by atoms with Crippen LogP contribution in [0.3, 0.4) is 0 Å². The maximum absolute atomic E-state index is 12.9. The second kappa shape index (κ2) is 6.49. The van der Waals surface area contributed by atoms with Crippen LogP contribution in [0.1, 0.15) is 18.1 Å². The molecule has 3 heterocycles. The molecular weight excluding hydrogens is 364 g/mol. The Labute approximate surface area is 160 Å². The molecule has 0 bridgehead atoms. The predicted octanol–water partition coefficient (Wildman–Crippen LogP) is 3.25. The van der Waals surface area contributed by atoms with Gasteiger partial charge in [-0.05, 0) is 18.4 Å². The molecule has 0 amide bonds. The van der Waals surface area contributed by atoms with Gasteiger partial charge in [-0.3, -0.25) is 0 Å². The van der Waals surface area contributed by atoms with Crippen LogP contribution in [0.2, 0.25) is 0 Å². The van der Waals surface area contributed by atoms with Gasteiger partial charge in [0.05, 0.1) is 12.2 Å². The molecule has 0 saturated heterocycles. The molecule has 27 heavy (non-hydrogen) atoms. The van der Waals surface area contributed by atoms with Crippen molar-refractivity contribution in [1.29, 1.82) is 5.26 Å². The minimum Gasteiger partial charge on any atom is -0.463 e. The molecule has 0 spiro atoms. The number of rotatable bonds is 4. The van der Waals surface area contributed by atoms with Crippen LogP contribution in [0.4, 0.5) is 0 Å². The number of thiophene rings is 1. The van der Waals surface area contributed by atoms with Gasteiger partial charge in [-0.1, -0.05) is 30.3 Å². The SMILES string of the molecule is CCOC(=O)C1=C(c2ccccc2)O[C@@]2(c3ccsc3)OC(N)=C(C#N)[C@@H]12. The molecule has 0 fully saturated rings. The van der Waals surface area contributed by atoms with Gasteiger partial charge < -0.3 is 19.9 Å². The monoisotopic (exact) mass is 380 g/mol. The minimum absolute atomic E-state index is 0.0392. The third kappa shape index (κ3) is 2.49. The van der Waals surface area contributed by atoms with E-state index in [9.17, 15) is 10.1 Å². The maximum atomic E-state index is 12.9. The second-order valence-electron chi connectivity index (χ2n) is 6.04. The summed E-state index contributed by atoms with van der Waals surface area (Å²) >= 11 is 1.46. The first-order chi connectivity index (χ1) is 13.1. The summed E-state index contributed by atoms with van der Waals surface area (Å²) in [4.78, 5) is 12.9. The quantitative estimate of drug-likeness (QED) is 0.818. The summed E-state index contributed by atoms with van der Waals surface area (Å²) in [5, 5.41) is 13.4. The van der Waals surface area contributed by atoms with E-state index in [1.165, 1.54) is 11.3 Å². The van der Waals surface area contributed by atoms with Gasteiger partial charge in [0.1, 0.15) is 23.3 Å². The number of carbonyl (C=O) groups excluding carboxylic acids is 1. The first-order valence-corrected chi connectivity index (χ1v) is 9.33. The fraction of sp³-hybridized carbons (Fsp3) is 0.200. The zero-order chi connectivity index (χ0) is 19.0. The molecule has 2 atom stereocenters. The lowest BCUT2D eigenvalue weighted by Crippen LogP contribution is -2.34. The van der Waals surface area contributed by atoms with Crippen LogP contribution >= 0.6 is 11.3 Å². The van der Waals surface area contributed by atoms with Crippen LogP contribution in [-0.4, -0.2) is 12.6 Å². The Morgan fingerprint density at radius 1 is 1.33 bits per heavy atom. The molecule has 6 nitrogen and oxygen atoms in total. The van der Waals surface area contributed by atoms with Crippen molar-refractivity contribution < 1.29 is 19.0 Å². The number of esters is 1. The lowest BCUT2D eigenvalue weighted by Gasteiger charge is -2.29. The average molecular weight is 380 g/mol. The van der Waals surface area contributed by atoms with Crippen LogP contribution < -0.4 is 5.73 Å². The smallest absolute Gasteiger partial charge is 0.338 e. The van der Waals surface area contributed by atoms with E-state index in [0.29, 0.717) is 16.9 Å². The lowest BCUT2D eigenvalue weighted by atomic mass is 9.84. The van der Waals surface area contributed by atoms with E-state index in [1.54, 1.807) is 6.92 Å². The summed E-state index contributed by atoms with van der Waals surface area (Å²) in [5.74, 6) is -2.44. The Balaban J connectivity index is 1.96. The van der Waals surface area contributed by atoms with Crippen LogP contribution in [0.25, 0.3) is 5.76 Å². The molecule has 1 aromatic carbocycles. The number of nitriles is 1. The first-order valence-electron chi connectivity index (χ1n) is 8.39. The Morgan fingerprint density at radius 2 is 2.11 bits per heavy atom. The molecule has 0 saturated carbocycles. The van der Waals surface area contributed by atoms with Gasteiger partial charge in [0.25, 0.3) is 5.79 Å². The highest BCUT2D eigenvalue weighted by molar-refractivity contribution is 7.08. The number of hydrogen-bond donors (Lipinski definition) is 1. The van der Waals surface area contributed by atoms with Crippen LogP contribution in [0.5, 0.6) is 0 Å². The van der Waals surface area contributed by atoms with Crippen molar-refractivity contribution in [2.24, 2.45) is 11.7 Å². The molecule has 4 rings (SSSR count). The Morgan fingerprint density at radius 3 is 2.74 bits per heavy atom. The average Bonchev–Trinajstić information content (AvgIpc) is 3.36. The summed E-state index contributed by atoms with van der Waals surface area (Å²) in [7, 11) is 0. The fourth-order valence-electron chi connectivity index (χ4n) is 3.45. The highest BCUT2D eigenvalue weighted by Gasteiger charge is 2.62. The molecule has 7 heteroatoms. The van der Waals surface area contributed by atoms with E-state index < -0.39 is 17.7 Å². The van der Waals surface area contributed by atoms with E-state index in [2.05, 4.69) is 6.07 Å². The first kappa shape index (κ1) is 17.2. The Kier molecular flexibility index (Phi) is 4.13. The van der Waals surface area contributed by atoms with Gasteiger partial charge in [-0.25, -0.2) is 4.79 Å². The third-order valence-corrected chi connectivity index (χ3v) is 5.24. The number of benzene rings is 1. The number of nitrogens with zero attached hydrogens (tertiary/aromatic N) is 1. The lowest BCUT2D eigenvalue weighted by molar-refractivity contribution is -0.173. The van der Waals surface area contributed by atoms with E-state index in [0.717, 1.165) is 0 Å². The second-order valence-corrected chi connectivity index (χ2v) is 6.82. The highest BCUT2D eigenvalue weighted by Crippen LogP contribution is 2.58. The van der Waals surface area contributed by atoms with Crippen molar-refractivity contribution in [2.45, 2.75) is 12.7 Å². The molecule has 0 unspecified atom stereocenters. The van der Waals surface area contributed by atoms with E-state index in [-0.39, 0.29) is 23.6 Å². The molecule has 0 radical (unpaired) electrons. The molecule has 2 N–H and O–H groups in total.